The van der Waals surface area contributed by atoms with Gasteiger partial charge in [0.1, 0.15) is 0 Å². The van der Waals surface area contributed by atoms with Crippen LogP contribution in [0.3, 0.4) is 0 Å². The lowest BCUT2D eigenvalue weighted by molar-refractivity contribution is 0.589. The van der Waals surface area contributed by atoms with Crippen molar-refractivity contribution in [2.45, 2.75) is 18.7 Å². The second-order valence-corrected chi connectivity index (χ2v) is 9.74. The number of aryl methyl sites for hydroxylation is 2. The topological polar surface area (TPSA) is 64.8 Å². The second-order valence-electron chi connectivity index (χ2n) is 7.51. The average Bonchev–Trinajstić information content (AvgIpc) is 3.15. The van der Waals surface area contributed by atoms with Crippen molar-refractivity contribution in [1.82, 2.24) is 13.9 Å². The molecule has 0 saturated carbocycles. The number of nitrogens with zero attached hydrogens (tertiary/aromatic N) is 3. The van der Waals surface area contributed by atoms with E-state index in [0.29, 0.717) is 10.7 Å². The summed E-state index contributed by atoms with van der Waals surface area (Å²) in [4.78, 5) is 9.03. The molecule has 0 bridgehead atoms. The zero-order valence-electron chi connectivity index (χ0n) is 16.9. The smallest absolute Gasteiger partial charge is 0.256 e. The molecular formula is C24H18ClN3O2S. The Kier molecular flexibility index (Phi) is 4.57. The number of halogens is 1. The normalized spacial score (nSPS) is 12.0. The van der Waals surface area contributed by atoms with Gasteiger partial charge in [-0.3, -0.25) is 4.98 Å². The van der Waals surface area contributed by atoms with Crippen LogP contribution in [-0.4, -0.2) is 22.4 Å². The van der Waals surface area contributed by atoms with Gasteiger partial charge >= 0.3 is 0 Å². The van der Waals surface area contributed by atoms with Crippen molar-refractivity contribution in [1.29, 1.82) is 0 Å². The van der Waals surface area contributed by atoms with Gasteiger partial charge in [-0.2, -0.15) is 0 Å². The molecule has 0 aliphatic rings. The van der Waals surface area contributed by atoms with E-state index in [9.17, 15) is 8.42 Å². The van der Waals surface area contributed by atoms with Crippen molar-refractivity contribution in [2.75, 3.05) is 0 Å². The summed E-state index contributed by atoms with van der Waals surface area (Å²) in [5.41, 5.74) is 4.78. The first kappa shape index (κ1) is 19.7. The van der Waals surface area contributed by atoms with Crippen LogP contribution in [0.4, 0.5) is 0 Å². The Morgan fingerprint density at radius 2 is 1.68 bits per heavy atom. The third kappa shape index (κ3) is 3.19. The first-order valence-corrected chi connectivity index (χ1v) is 11.5. The molecule has 2 aromatic carbocycles. The largest absolute Gasteiger partial charge is 0.269 e. The number of aromatic nitrogens is 3. The molecule has 31 heavy (non-hydrogen) atoms. The van der Waals surface area contributed by atoms with Crippen LogP contribution in [0.25, 0.3) is 33.1 Å². The maximum Gasteiger partial charge on any atom is 0.269 e. The predicted octanol–water partition coefficient (Wildman–Crippen LogP) is 5.76. The highest BCUT2D eigenvalue weighted by Gasteiger charge is 2.23. The maximum atomic E-state index is 13.4. The van der Waals surface area contributed by atoms with Crippen LogP contribution in [0.1, 0.15) is 11.1 Å². The highest BCUT2D eigenvalue weighted by Crippen LogP contribution is 2.36. The lowest BCUT2D eigenvalue weighted by atomic mass is 10.0. The van der Waals surface area contributed by atoms with Gasteiger partial charge in [0, 0.05) is 34.9 Å². The molecule has 3 heterocycles. The molecule has 154 valence electrons. The summed E-state index contributed by atoms with van der Waals surface area (Å²) in [6, 6.07) is 16.2. The molecule has 7 heteroatoms. The molecule has 0 fully saturated rings. The molecule has 0 unspecified atom stereocenters. The summed E-state index contributed by atoms with van der Waals surface area (Å²) >= 11 is 6.42. The van der Waals surface area contributed by atoms with E-state index in [4.69, 9.17) is 11.6 Å². The Morgan fingerprint density at radius 1 is 0.903 bits per heavy atom. The van der Waals surface area contributed by atoms with E-state index in [0.717, 1.165) is 38.5 Å². The van der Waals surface area contributed by atoms with Crippen LogP contribution in [-0.2, 0) is 10.0 Å². The molecular weight excluding hydrogens is 430 g/mol. The Labute approximate surface area is 185 Å². The van der Waals surface area contributed by atoms with Gasteiger partial charge < -0.3 is 0 Å². The molecule has 0 atom stereocenters. The standard InChI is InChI=1S/C24H18ClN3O2S/c1-15-5-7-18(8-6-15)31(29,30)28-14-21(19-4-3-10-27-24(19)28)17-12-16(2)23-20(13-17)22(25)9-11-26-23/h3-14H,1-2H3. The molecule has 5 rings (SSSR count). The van der Waals surface area contributed by atoms with E-state index in [1.807, 2.05) is 32.0 Å². The molecule has 0 amide bonds. The number of hydrogen-bond acceptors (Lipinski definition) is 4. The van der Waals surface area contributed by atoms with Gasteiger partial charge in [0.25, 0.3) is 10.0 Å². The van der Waals surface area contributed by atoms with Crippen LogP contribution in [0, 0.1) is 13.8 Å². The summed E-state index contributed by atoms with van der Waals surface area (Å²) in [7, 11) is -3.81. The Hall–Kier alpha value is -3.22. The molecule has 0 spiro atoms. The fourth-order valence-electron chi connectivity index (χ4n) is 3.82. The van der Waals surface area contributed by atoms with Gasteiger partial charge in [0.15, 0.2) is 5.65 Å². The van der Waals surface area contributed by atoms with Crippen LogP contribution in [0.2, 0.25) is 5.02 Å². The second kappa shape index (κ2) is 7.18. The van der Waals surface area contributed by atoms with Gasteiger partial charge in [-0.25, -0.2) is 17.4 Å². The van der Waals surface area contributed by atoms with E-state index in [1.54, 1.807) is 55.0 Å². The SMILES string of the molecule is Cc1ccc(S(=O)(=O)n2cc(-c3cc(C)c4nccc(Cl)c4c3)c3cccnc32)cc1. The number of rotatable bonds is 3. The third-order valence-corrected chi connectivity index (χ3v) is 7.40. The zero-order valence-corrected chi connectivity index (χ0v) is 18.4. The van der Waals surface area contributed by atoms with Crippen molar-refractivity contribution in [3.63, 3.8) is 0 Å². The van der Waals surface area contributed by atoms with Crippen LogP contribution in [0.15, 0.2) is 78.1 Å². The average molecular weight is 448 g/mol. The minimum atomic E-state index is -3.81. The number of fused-ring (bicyclic) bond motifs is 2. The molecule has 0 radical (unpaired) electrons. The predicted molar refractivity (Wildman–Crippen MR) is 124 cm³/mol. The van der Waals surface area contributed by atoms with Crippen LogP contribution < -0.4 is 0 Å². The quantitative estimate of drug-likeness (QED) is 0.352. The third-order valence-electron chi connectivity index (χ3n) is 5.40. The minimum absolute atomic E-state index is 0.217. The molecule has 0 saturated heterocycles. The minimum Gasteiger partial charge on any atom is -0.256 e. The Balaban J connectivity index is 1.79. The summed E-state index contributed by atoms with van der Waals surface area (Å²) in [5, 5.41) is 2.17. The molecule has 0 aliphatic heterocycles. The summed E-state index contributed by atoms with van der Waals surface area (Å²) in [6.45, 7) is 3.89. The summed E-state index contributed by atoms with van der Waals surface area (Å²) < 4.78 is 28.1. The Bertz CT molecular complexity index is 1570. The summed E-state index contributed by atoms with van der Waals surface area (Å²) in [5.74, 6) is 0. The highest BCUT2D eigenvalue weighted by atomic mass is 35.5. The molecule has 5 aromatic rings. The fourth-order valence-corrected chi connectivity index (χ4v) is 5.35. The van der Waals surface area contributed by atoms with E-state index >= 15 is 0 Å². The van der Waals surface area contributed by atoms with E-state index in [1.165, 1.54) is 3.97 Å². The number of pyridine rings is 2. The Morgan fingerprint density at radius 3 is 2.45 bits per heavy atom. The lowest BCUT2D eigenvalue weighted by Gasteiger charge is -2.08. The van der Waals surface area contributed by atoms with Crippen LogP contribution >= 0.6 is 11.6 Å². The maximum absolute atomic E-state index is 13.4. The van der Waals surface area contributed by atoms with Gasteiger partial charge in [0.2, 0.25) is 0 Å². The van der Waals surface area contributed by atoms with E-state index in [-0.39, 0.29) is 4.90 Å². The van der Waals surface area contributed by atoms with E-state index in [2.05, 4.69) is 9.97 Å². The van der Waals surface area contributed by atoms with Crippen molar-refractivity contribution in [3.05, 3.63) is 89.3 Å². The molecule has 0 aliphatic carbocycles. The summed E-state index contributed by atoms with van der Waals surface area (Å²) in [6.07, 6.45) is 4.92. The highest BCUT2D eigenvalue weighted by molar-refractivity contribution is 7.90. The molecule has 5 nitrogen and oxygen atoms in total. The van der Waals surface area contributed by atoms with Crippen molar-refractivity contribution in [3.8, 4) is 11.1 Å². The van der Waals surface area contributed by atoms with Crippen LogP contribution in [0.5, 0.6) is 0 Å². The molecule has 0 N–H and O–H groups in total. The van der Waals surface area contributed by atoms with Crippen molar-refractivity contribution in [2.24, 2.45) is 0 Å². The number of benzene rings is 2. The first-order chi connectivity index (χ1) is 14.9. The van der Waals surface area contributed by atoms with Gasteiger partial charge in [-0.15, -0.1) is 0 Å². The fraction of sp³-hybridized carbons (Fsp3) is 0.0833. The van der Waals surface area contributed by atoms with Crippen molar-refractivity contribution >= 4 is 43.6 Å². The van der Waals surface area contributed by atoms with Gasteiger partial charge in [-0.05, 0) is 67.4 Å². The first-order valence-electron chi connectivity index (χ1n) is 9.70. The van der Waals surface area contributed by atoms with Gasteiger partial charge in [-0.1, -0.05) is 29.3 Å². The van der Waals surface area contributed by atoms with Crippen molar-refractivity contribution < 1.29 is 8.42 Å². The monoisotopic (exact) mass is 447 g/mol. The number of hydrogen-bond donors (Lipinski definition) is 0. The zero-order chi connectivity index (χ0) is 21.8. The van der Waals surface area contributed by atoms with Gasteiger partial charge in [0.05, 0.1) is 15.4 Å². The lowest BCUT2D eigenvalue weighted by Crippen LogP contribution is -2.12. The molecule has 3 aromatic heterocycles. The van der Waals surface area contributed by atoms with E-state index < -0.39 is 10.0 Å².